The van der Waals surface area contributed by atoms with Crippen molar-refractivity contribution >= 4 is 23.4 Å². The number of benzene rings is 1. The Bertz CT molecular complexity index is 489. The molecule has 1 aromatic rings. The van der Waals surface area contributed by atoms with Gasteiger partial charge in [0.05, 0.1) is 18.7 Å². The van der Waals surface area contributed by atoms with Crippen LogP contribution in [0.1, 0.15) is 17.3 Å². The highest BCUT2D eigenvalue weighted by molar-refractivity contribution is 6.34. The van der Waals surface area contributed by atoms with Crippen LogP contribution in [0.5, 0.6) is 11.5 Å². The predicted octanol–water partition coefficient (Wildman–Crippen LogP) is 1.13. The number of nitrogens with two attached hydrogens (primary N) is 1. The standard InChI is InChI=1S/C12H14ClNO5/c1-2-18-10(16)6-19-9-4-3-7(8(15)5-14)12(17)11(9)13/h3-4,17H,2,5-6,14H2,1H3. The van der Waals surface area contributed by atoms with Gasteiger partial charge in [-0.25, -0.2) is 4.79 Å². The summed E-state index contributed by atoms with van der Waals surface area (Å²) in [6, 6.07) is 2.71. The molecule has 19 heavy (non-hydrogen) atoms. The van der Waals surface area contributed by atoms with Crippen molar-refractivity contribution in [3.8, 4) is 11.5 Å². The molecule has 1 aromatic carbocycles. The second-order valence-electron chi connectivity index (χ2n) is 3.49. The van der Waals surface area contributed by atoms with E-state index in [0.717, 1.165) is 0 Å². The van der Waals surface area contributed by atoms with Gasteiger partial charge in [0.25, 0.3) is 0 Å². The van der Waals surface area contributed by atoms with Gasteiger partial charge in [-0.15, -0.1) is 0 Å². The number of halogens is 1. The van der Waals surface area contributed by atoms with Crippen LogP contribution in [-0.2, 0) is 9.53 Å². The molecule has 6 nitrogen and oxygen atoms in total. The molecule has 0 unspecified atom stereocenters. The summed E-state index contributed by atoms with van der Waals surface area (Å²) in [4.78, 5) is 22.5. The van der Waals surface area contributed by atoms with E-state index in [1.165, 1.54) is 12.1 Å². The molecule has 0 saturated heterocycles. The summed E-state index contributed by atoms with van der Waals surface area (Å²) in [5.41, 5.74) is 5.21. The number of hydrogen-bond acceptors (Lipinski definition) is 6. The van der Waals surface area contributed by atoms with Crippen molar-refractivity contribution in [3.05, 3.63) is 22.7 Å². The maximum absolute atomic E-state index is 11.4. The fourth-order valence-corrected chi connectivity index (χ4v) is 1.55. The average Bonchev–Trinajstić information content (AvgIpc) is 2.40. The maximum Gasteiger partial charge on any atom is 0.344 e. The van der Waals surface area contributed by atoms with Crippen molar-refractivity contribution in [1.82, 2.24) is 0 Å². The van der Waals surface area contributed by atoms with Gasteiger partial charge in [-0.1, -0.05) is 11.6 Å². The summed E-state index contributed by atoms with van der Waals surface area (Å²) in [6.45, 7) is 1.33. The lowest BCUT2D eigenvalue weighted by Crippen LogP contribution is -2.16. The Kier molecular flexibility index (Phi) is 5.59. The molecular formula is C12H14ClNO5. The molecular weight excluding hydrogens is 274 g/mol. The number of rotatable bonds is 6. The highest BCUT2D eigenvalue weighted by atomic mass is 35.5. The largest absolute Gasteiger partial charge is 0.505 e. The van der Waals surface area contributed by atoms with Gasteiger partial charge >= 0.3 is 5.97 Å². The molecule has 1 rings (SSSR count). The van der Waals surface area contributed by atoms with E-state index >= 15 is 0 Å². The van der Waals surface area contributed by atoms with Crippen molar-refractivity contribution in [2.45, 2.75) is 6.92 Å². The number of Topliss-reactive ketones (excluding diaryl/α,β-unsaturated/α-hetero) is 1. The molecule has 0 heterocycles. The third-order valence-electron chi connectivity index (χ3n) is 2.22. The molecule has 0 aromatic heterocycles. The number of ether oxygens (including phenoxy) is 2. The van der Waals surface area contributed by atoms with Crippen LogP contribution in [0, 0.1) is 0 Å². The van der Waals surface area contributed by atoms with E-state index in [-0.39, 0.29) is 36.1 Å². The fraction of sp³-hybridized carbons (Fsp3) is 0.333. The minimum atomic E-state index is -0.555. The van der Waals surface area contributed by atoms with Gasteiger partial charge in [-0.2, -0.15) is 0 Å². The molecule has 0 atom stereocenters. The lowest BCUT2D eigenvalue weighted by Gasteiger charge is -2.10. The summed E-state index contributed by atoms with van der Waals surface area (Å²) in [5.74, 6) is -1.34. The molecule has 0 radical (unpaired) electrons. The van der Waals surface area contributed by atoms with Gasteiger partial charge in [-0.05, 0) is 19.1 Å². The van der Waals surface area contributed by atoms with Crippen molar-refractivity contribution in [1.29, 1.82) is 0 Å². The Morgan fingerprint density at radius 3 is 2.68 bits per heavy atom. The molecule has 104 valence electrons. The summed E-state index contributed by atoms with van der Waals surface area (Å²) in [5, 5.41) is 9.59. The van der Waals surface area contributed by atoms with Crippen LogP contribution in [0.25, 0.3) is 0 Å². The second-order valence-corrected chi connectivity index (χ2v) is 3.87. The van der Waals surface area contributed by atoms with E-state index in [4.69, 9.17) is 22.1 Å². The average molecular weight is 288 g/mol. The van der Waals surface area contributed by atoms with Crippen molar-refractivity contribution in [3.63, 3.8) is 0 Å². The minimum Gasteiger partial charge on any atom is -0.505 e. The molecule has 0 fully saturated rings. The van der Waals surface area contributed by atoms with E-state index in [9.17, 15) is 14.7 Å². The Morgan fingerprint density at radius 1 is 1.42 bits per heavy atom. The topological polar surface area (TPSA) is 98.9 Å². The summed E-state index contributed by atoms with van der Waals surface area (Å²) >= 11 is 5.84. The van der Waals surface area contributed by atoms with Crippen LogP contribution >= 0.6 is 11.6 Å². The first-order chi connectivity index (χ1) is 9.01. The van der Waals surface area contributed by atoms with E-state index in [0.29, 0.717) is 0 Å². The predicted molar refractivity (Wildman–Crippen MR) is 68.6 cm³/mol. The molecule has 0 spiro atoms. The number of aromatic hydroxyl groups is 1. The Morgan fingerprint density at radius 2 is 2.11 bits per heavy atom. The van der Waals surface area contributed by atoms with E-state index < -0.39 is 17.5 Å². The van der Waals surface area contributed by atoms with Gasteiger partial charge in [0.1, 0.15) is 16.5 Å². The van der Waals surface area contributed by atoms with Crippen LogP contribution < -0.4 is 10.5 Å². The van der Waals surface area contributed by atoms with Crippen molar-refractivity contribution < 1.29 is 24.2 Å². The van der Waals surface area contributed by atoms with E-state index in [1.54, 1.807) is 6.92 Å². The van der Waals surface area contributed by atoms with Crippen molar-refractivity contribution in [2.75, 3.05) is 19.8 Å². The highest BCUT2D eigenvalue weighted by Gasteiger charge is 2.17. The van der Waals surface area contributed by atoms with Gasteiger partial charge in [-0.3, -0.25) is 4.79 Å². The van der Waals surface area contributed by atoms with Crippen LogP contribution in [0.3, 0.4) is 0 Å². The summed E-state index contributed by atoms with van der Waals surface area (Å²) < 4.78 is 9.76. The number of carbonyl (C=O) groups excluding carboxylic acids is 2. The number of phenolic OH excluding ortho intramolecular Hbond substituents is 1. The zero-order valence-electron chi connectivity index (χ0n) is 10.3. The Hall–Kier alpha value is -1.79. The zero-order chi connectivity index (χ0) is 14.4. The quantitative estimate of drug-likeness (QED) is 0.601. The van der Waals surface area contributed by atoms with E-state index in [1.807, 2.05) is 0 Å². The zero-order valence-corrected chi connectivity index (χ0v) is 11.1. The normalized spacial score (nSPS) is 10.1. The number of esters is 1. The SMILES string of the molecule is CCOC(=O)COc1ccc(C(=O)CN)c(O)c1Cl. The molecule has 0 aliphatic rings. The molecule has 0 bridgehead atoms. The smallest absolute Gasteiger partial charge is 0.344 e. The van der Waals surface area contributed by atoms with Crippen LogP contribution in [0.15, 0.2) is 12.1 Å². The monoisotopic (exact) mass is 287 g/mol. The summed E-state index contributed by atoms with van der Waals surface area (Å²) in [6.07, 6.45) is 0. The molecule has 3 N–H and O–H groups in total. The van der Waals surface area contributed by atoms with Gasteiger partial charge < -0.3 is 20.3 Å². The number of phenols is 1. The van der Waals surface area contributed by atoms with Crippen LogP contribution in [-0.4, -0.2) is 36.6 Å². The second kappa shape index (κ2) is 6.96. The third-order valence-corrected chi connectivity index (χ3v) is 2.58. The van der Waals surface area contributed by atoms with Gasteiger partial charge in [0.15, 0.2) is 12.4 Å². The first-order valence-electron chi connectivity index (χ1n) is 5.54. The number of hydrogen-bond donors (Lipinski definition) is 2. The van der Waals surface area contributed by atoms with E-state index in [2.05, 4.69) is 4.74 Å². The number of ketones is 1. The first kappa shape index (κ1) is 15.3. The molecule has 0 amide bonds. The maximum atomic E-state index is 11.4. The first-order valence-corrected chi connectivity index (χ1v) is 5.92. The Balaban J connectivity index is 2.85. The molecule has 0 aliphatic carbocycles. The molecule has 0 aliphatic heterocycles. The third kappa shape index (κ3) is 3.84. The Labute approximate surface area is 115 Å². The highest BCUT2D eigenvalue weighted by Crippen LogP contribution is 2.36. The lowest BCUT2D eigenvalue weighted by atomic mass is 10.1. The summed E-state index contributed by atoms with van der Waals surface area (Å²) in [7, 11) is 0. The number of carbonyl (C=O) groups is 2. The van der Waals surface area contributed by atoms with Gasteiger partial charge in [0.2, 0.25) is 0 Å². The minimum absolute atomic E-state index is 0.0102. The molecule has 0 saturated carbocycles. The van der Waals surface area contributed by atoms with Crippen LogP contribution in [0.2, 0.25) is 5.02 Å². The van der Waals surface area contributed by atoms with Crippen LogP contribution in [0.4, 0.5) is 0 Å². The van der Waals surface area contributed by atoms with Gasteiger partial charge in [0, 0.05) is 0 Å². The fourth-order valence-electron chi connectivity index (χ4n) is 1.33. The lowest BCUT2D eigenvalue weighted by molar-refractivity contribution is -0.145. The molecule has 7 heteroatoms. The van der Waals surface area contributed by atoms with Crippen molar-refractivity contribution in [2.24, 2.45) is 5.73 Å².